The normalized spacial score (nSPS) is 17.3. The molecule has 0 bridgehead atoms. The Bertz CT molecular complexity index is 587. The summed E-state index contributed by atoms with van der Waals surface area (Å²) in [7, 11) is -3.47. The minimum absolute atomic E-state index is 0.0896. The molecular weight excluding hydrogens is 420 g/mol. The smallest absolute Gasteiger partial charge is 0.244 e. The van der Waals surface area contributed by atoms with E-state index in [-0.39, 0.29) is 6.04 Å². The van der Waals surface area contributed by atoms with Crippen molar-refractivity contribution in [3.63, 3.8) is 0 Å². The van der Waals surface area contributed by atoms with E-state index >= 15 is 0 Å². The van der Waals surface area contributed by atoms with Crippen molar-refractivity contribution < 1.29 is 8.42 Å². The number of nitrogens with one attached hydrogen (secondary N) is 1. The molecule has 7 heteroatoms. The van der Waals surface area contributed by atoms with Crippen LogP contribution in [0.2, 0.25) is 0 Å². The number of hydrogen-bond acceptors (Lipinski definition) is 3. The average molecular weight is 440 g/mol. The number of piperidine rings is 1. The first-order chi connectivity index (χ1) is 9.96. The van der Waals surface area contributed by atoms with Crippen molar-refractivity contribution in [1.29, 1.82) is 0 Å². The highest BCUT2D eigenvalue weighted by Crippen LogP contribution is 2.30. The number of nitrogens with zero attached hydrogens (tertiary/aromatic N) is 1. The molecule has 0 spiro atoms. The van der Waals surface area contributed by atoms with Crippen LogP contribution >= 0.6 is 31.9 Å². The van der Waals surface area contributed by atoms with Gasteiger partial charge in [-0.3, -0.25) is 0 Å². The molecule has 0 amide bonds. The molecule has 1 aliphatic rings. The second kappa shape index (κ2) is 7.55. The Morgan fingerprint density at radius 3 is 2.52 bits per heavy atom. The van der Waals surface area contributed by atoms with Crippen molar-refractivity contribution in [3.8, 4) is 0 Å². The summed E-state index contributed by atoms with van der Waals surface area (Å²) in [5.41, 5.74) is 0. The molecule has 118 valence electrons. The lowest BCUT2D eigenvalue weighted by molar-refractivity contribution is 0.262. The fourth-order valence-corrected chi connectivity index (χ4v) is 6.11. The summed E-state index contributed by atoms with van der Waals surface area (Å²) in [6.07, 6.45) is 2.55. The third-order valence-corrected chi connectivity index (χ3v) is 7.06. The van der Waals surface area contributed by atoms with Gasteiger partial charge in [0.15, 0.2) is 0 Å². The SMILES string of the molecule is CCCN(C1CCNCC1)S(=O)(=O)c1ccc(Br)cc1Br. The summed E-state index contributed by atoms with van der Waals surface area (Å²) in [5.74, 6) is 0. The molecule has 1 fully saturated rings. The van der Waals surface area contributed by atoms with E-state index in [0.29, 0.717) is 15.9 Å². The molecule has 0 aliphatic carbocycles. The molecule has 21 heavy (non-hydrogen) atoms. The van der Waals surface area contributed by atoms with Crippen molar-refractivity contribution in [2.75, 3.05) is 19.6 Å². The van der Waals surface area contributed by atoms with Crippen LogP contribution in [0, 0.1) is 0 Å². The van der Waals surface area contributed by atoms with E-state index in [0.717, 1.165) is 36.8 Å². The highest BCUT2D eigenvalue weighted by atomic mass is 79.9. The largest absolute Gasteiger partial charge is 0.317 e. The molecule has 1 aromatic carbocycles. The summed E-state index contributed by atoms with van der Waals surface area (Å²) in [6.45, 7) is 4.33. The second-order valence-corrected chi connectivity index (χ2v) is 8.80. The van der Waals surface area contributed by atoms with Crippen LogP contribution in [0.4, 0.5) is 0 Å². The molecule has 1 aliphatic heterocycles. The van der Waals surface area contributed by atoms with Gasteiger partial charge in [0.25, 0.3) is 0 Å². The molecule has 0 aromatic heterocycles. The van der Waals surface area contributed by atoms with Gasteiger partial charge < -0.3 is 5.32 Å². The highest BCUT2D eigenvalue weighted by molar-refractivity contribution is 9.11. The predicted molar refractivity (Wildman–Crippen MR) is 91.9 cm³/mol. The van der Waals surface area contributed by atoms with Gasteiger partial charge in [-0.25, -0.2) is 8.42 Å². The third-order valence-electron chi connectivity index (χ3n) is 3.64. The van der Waals surface area contributed by atoms with Crippen LogP contribution in [0.15, 0.2) is 32.0 Å². The van der Waals surface area contributed by atoms with Crippen molar-refractivity contribution in [2.24, 2.45) is 0 Å². The maximum Gasteiger partial charge on any atom is 0.244 e. The van der Waals surface area contributed by atoms with Gasteiger partial charge in [0.05, 0.1) is 4.90 Å². The molecule has 1 N–H and O–H groups in total. The Balaban J connectivity index is 2.36. The number of hydrogen-bond donors (Lipinski definition) is 1. The van der Waals surface area contributed by atoms with E-state index in [4.69, 9.17) is 0 Å². The van der Waals surface area contributed by atoms with Gasteiger partial charge in [-0.15, -0.1) is 0 Å². The summed E-state index contributed by atoms with van der Waals surface area (Å²) in [5, 5.41) is 3.28. The average Bonchev–Trinajstić information content (AvgIpc) is 2.45. The van der Waals surface area contributed by atoms with Gasteiger partial charge in [-0.2, -0.15) is 4.31 Å². The van der Waals surface area contributed by atoms with E-state index in [1.54, 1.807) is 22.5 Å². The Labute approximate surface area is 143 Å². The summed E-state index contributed by atoms with van der Waals surface area (Å²) in [4.78, 5) is 0.345. The lowest BCUT2D eigenvalue weighted by Gasteiger charge is -2.33. The highest BCUT2D eigenvalue weighted by Gasteiger charge is 2.32. The van der Waals surface area contributed by atoms with Crippen LogP contribution in [0.25, 0.3) is 0 Å². The van der Waals surface area contributed by atoms with Crippen LogP contribution < -0.4 is 5.32 Å². The maximum atomic E-state index is 13.0. The number of benzene rings is 1. The molecule has 0 atom stereocenters. The first-order valence-corrected chi connectivity index (χ1v) is 10.2. The zero-order valence-corrected chi connectivity index (χ0v) is 16.0. The lowest BCUT2D eigenvalue weighted by atomic mass is 10.1. The van der Waals surface area contributed by atoms with E-state index in [1.165, 1.54) is 0 Å². The van der Waals surface area contributed by atoms with Gasteiger partial charge in [0.1, 0.15) is 0 Å². The van der Waals surface area contributed by atoms with Gasteiger partial charge in [0, 0.05) is 21.5 Å². The topological polar surface area (TPSA) is 49.4 Å². The van der Waals surface area contributed by atoms with Crippen LogP contribution in [0.1, 0.15) is 26.2 Å². The minimum Gasteiger partial charge on any atom is -0.317 e. The van der Waals surface area contributed by atoms with Crippen LogP contribution in [0.3, 0.4) is 0 Å². The van der Waals surface area contributed by atoms with Gasteiger partial charge in [-0.05, 0) is 66.5 Å². The zero-order valence-electron chi connectivity index (χ0n) is 12.0. The molecule has 1 saturated heterocycles. The summed E-state index contributed by atoms with van der Waals surface area (Å²) < 4.78 is 29.2. The Hall–Kier alpha value is 0.0500. The zero-order chi connectivity index (χ0) is 15.5. The molecule has 1 aromatic rings. The second-order valence-electron chi connectivity index (χ2n) is 5.17. The Morgan fingerprint density at radius 2 is 1.95 bits per heavy atom. The number of sulfonamides is 1. The Kier molecular flexibility index (Phi) is 6.25. The van der Waals surface area contributed by atoms with Crippen molar-refractivity contribution in [3.05, 3.63) is 27.1 Å². The molecule has 4 nitrogen and oxygen atoms in total. The van der Waals surface area contributed by atoms with E-state index in [9.17, 15) is 8.42 Å². The van der Waals surface area contributed by atoms with Crippen molar-refractivity contribution in [1.82, 2.24) is 9.62 Å². The standard InChI is InChI=1S/C14H20Br2N2O2S/c1-2-9-18(12-5-7-17-8-6-12)21(19,20)14-4-3-11(15)10-13(14)16/h3-4,10,12,17H,2,5-9H2,1H3. The molecule has 0 unspecified atom stereocenters. The first kappa shape index (κ1) is 17.4. The van der Waals surface area contributed by atoms with Crippen molar-refractivity contribution >= 4 is 41.9 Å². The molecule has 0 saturated carbocycles. The third kappa shape index (κ3) is 4.07. The van der Waals surface area contributed by atoms with Gasteiger partial charge in [0.2, 0.25) is 10.0 Å². The number of rotatable bonds is 5. The van der Waals surface area contributed by atoms with Crippen LogP contribution in [0.5, 0.6) is 0 Å². The van der Waals surface area contributed by atoms with Crippen LogP contribution in [-0.4, -0.2) is 38.4 Å². The fourth-order valence-electron chi connectivity index (χ4n) is 2.62. The molecule has 1 heterocycles. The maximum absolute atomic E-state index is 13.0. The molecular formula is C14H20Br2N2O2S. The fraction of sp³-hybridized carbons (Fsp3) is 0.571. The monoisotopic (exact) mass is 438 g/mol. The van der Waals surface area contributed by atoms with E-state index in [1.807, 2.05) is 6.92 Å². The first-order valence-electron chi connectivity index (χ1n) is 7.14. The minimum atomic E-state index is -3.47. The van der Waals surface area contributed by atoms with E-state index in [2.05, 4.69) is 37.2 Å². The summed E-state index contributed by atoms with van der Waals surface area (Å²) in [6, 6.07) is 5.29. The quantitative estimate of drug-likeness (QED) is 0.765. The number of halogens is 2. The van der Waals surface area contributed by atoms with Crippen molar-refractivity contribution in [2.45, 2.75) is 37.1 Å². The van der Waals surface area contributed by atoms with Gasteiger partial charge >= 0.3 is 0 Å². The Morgan fingerprint density at radius 1 is 1.29 bits per heavy atom. The molecule has 2 rings (SSSR count). The van der Waals surface area contributed by atoms with Crippen LogP contribution in [-0.2, 0) is 10.0 Å². The lowest BCUT2D eigenvalue weighted by Crippen LogP contribution is -2.46. The van der Waals surface area contributed by atoms with E-state index < -0.39 is 10.0 Å². The van der Waals surface area contributed by atoms with Gasteiger partial charge in [-0.1, -0.05) is 22.9 Å². The molecule has 0 radical (unpaired) electrons. The predicted octanol–water partition coefficient (Wildman–Crippen LogP) is 3.36. The summed E-state index contributed by atoms with van der Waals surface area (Å²) >= 11 is 6.74.